The van der Waals surface area contributed by atoms with Gasteiger partial charge in [-0.05, 0) is 26.0 Å². The molecule has 1 rings (SSSR count). The minimum Gasteiger partial charge on any atom is -0.392 e. The van der Waals surface area contributed by atoms with E-state index in [0.717, 1.165) is 11.5 Å². The predicted molar refractivity (Wildman–Crippen MR) is 49.1 cm³/mol. The zero-order valence-electron chi connectivity index (χ0n) is 7.41. The second-order valence-corrected chi connectivity index (χ2v) is 2.89. The van der Waals surface area contributed by atoms with Crippen LogP contribution in [0.3, 0.4) is 0 Å². The van der Waals surface area contributed by atoms with Gasteiger partial charge in [0, 0.05) is 12.2 Å². The molecule has 1 aromatic rings. The highest BCUT2D eigenvalue weighted by molar-refractivity contribution is 5.34. The van der Waals surface area contributed by atoms with Crippen molar-refractivity contribution in [3.05, 3.63) is 23.9 Å². The summed E-state index contributed by atoms with van der Waals surface area (Å²) in [4.78, 5) is 4.22. The first kappa shape index (κ1) is 9.00. The first-order valence-corrected chi connectivity index (χ1v) is 4.04. The number of hydrogen-bond acceptors (Lipinski definition) is 3. The molecular weight excluding hydrogens is 152 g/mol. The summed E-state index contributed by atoms with van der Waals surface area (Å²) in [5, 5.41) is 12.0. The van der Waals surface area contributed by atoms with Crippen molar-refractivity contribution in [2.45, 2.75) is 20.0 Å². The molecule has 3 heteroatoms. The summed E-state index contributed by atoms with van der Waals surface area (Å²) in [6, 6.07) is 5.76. The molecule has 0 radical (unpaired) electrons. The van der Waals surface area contributed by atoms with Gasteiger partial charge < -0.3 is 10.4 Å². The van der Waals surface area contributed by atoms with Crippen LogP contribution in [0.5, 0.6) is 0 Å². The van der Waals surface area contributed by atoms with E-state index in [-0.39, 0.29) is 6.10 Å². The van der Waals surface area contributed by atoms with Gasteiger partial charge in [0.05, 0.1) is 6.10 Å². The maximum Gasteiger partial charge on any atom is 0.126 e. The maximum absolute atomic E-state index is 8.99. The smallest absolute Gasteiger partial charge is 0.126 e. The number of nitrogens with zero attached hydrogens (tertiary/aromatic N) is 1. The van der Waals surface area contributed by atoms with Crippen LogP contribution < -0.4 is 5.32 Å². The molecule has 66 valence electrons. The molecule has 2 N–H and O–H groups in total. The summed E-state index contributed by atoms with van der Waals surface area (Å²) in [5.74, 6) is 0.816. The highest BCUT2D eigenvalue weighted by Gasteiger charge is 1.96. The molecule has 0 saturated carbocycles. The van der Waals surface area contributed by atoms with Gasteiger partial charge in [0.1, 0.15) is 5.82 Å². The van der Waals surface area contributed by atoms with Crippen LogP contribution in [0.4, 0.5) is 5.82 Å². The lowest BCUT2D eigenvalue weighted by Gasteiger charge is -2.07. The van der Waals surface area contributed by atoms with Crippen molar-refractivity contribution in [2.75, 3.05) is 11.9 Å². The standard InChI is InChI=1S/C9H14N2O/c1-7-4-3-5-9(11-7)10-6-8(2)12/h3-5,8,12H,6H2,1-2H3,(H,10,11)/t8-/m0/s1. The lowest BCUT2D eigenvalue weighted by atomic mass is 10.3. The second kappa shape index (κ2) is 4.07. The number of pyridine rings is 1. The Labute approximate surface area is 72.5 Å². The molecule has 1 aromatic heterocycles. The van der Waals surface area contributed by atoms with Gasteiger partial charge >= 0.3 is 0 Å². The number of nitrogens with one attached hydrogen (secondary N) is 1. The molecule has 3 nitrogen and oxygen atoms in total. The van der Waals surface area contributed by atoms with E-state index in [0.29, 0.717) is 6.54 Å². The first-order valence-electron chi connectivity index (χ1n) is 4.04. The third-order valence-corrected chi connectivity index (χ3v) is 1.47. The fourth-order valence-electron chi connectivity index (χ4n) is 0.894. The molecule has 0 unspecified atom stereocenters. The van der Waals surface area contributed by atoms with Crippen molar-refractivity contribution in [3.8, 4) is 0 Å². The molecule has 0 amide bonds. The van der Waals surface area contributed by atoms with Crippen molar-refractivity contribution >= 4 is 5.82 Å². The van der Waals surface area contributed by atoms with Crippen LogP contribution in [0.15, 0.2) is 18.2 Å². The van der Waals surface area contributed by atoms with Gasteiger partial charge in [-0.15, -0.1) is 0 Å². The van der Waals surface area contributed by atoms with Crippen LogP contribution in [0.2, 0.25) is 0 Å². The summed E-state index contributed by atoms with van der Waals surface area (Å²) in [6.45, 7) is 4.22. The van der Waals surface area contributed by atoms with Crippen LogP contribution in [-0.4, -0.2) is 22.7 Å². The van der Waals surface area contributed by atoms with Crippen molar-refractivity contribution < 1.29 is 5.11 Å². The summed E-state index contributed by atoms with van der Waals surface area (Å²) >= 11 is 0. The minimum absolute atomic E-state index is 0.340. The molecular formula is C9H14N2O. The number of aliphatic hydroxyl groups is 1. The molecule has 0 spiro atoms. The first-order chi connectivity index (χ1) is 5.68. The molecule has 0 fully saturated rings. The highest BCUT2D eigenvalue weighted by atomic mass is 16.3. The molecule has 0 bridgehead atoms. The molecule has 0 aromatic carbocycles. The quantitative estimate of drug-likeness (QED) is 0.708. The van der Waals surface area contributed by atoms with E-state index < -0.39 is 0 Å². The van der Waals surface area contributed by atoms with Crippen molar-refractivity contribution in [2.24, 2.45) is 0 Å². The number of rotatable bonds is 3. The summed E-state index contributed by atoms with van der Waals surface area (Å²) in [7, 11) is 0. The van der Waals surface area contributed by atoms with Crippen LogP contribution in [0, 0.1) is 6.92 Å². The Morgan fingerprint density at radius 3 is 2.92 bits per heavy atom. The Kier molecular flexibility index (Phi) is 3.05. The monoisotopic (exact) mass is 166 g/mol. The van der Waals surface area contributed by atoms with Gasteiger partial charge in [-0.1, -0.05) is 6.07 Å². The maximum atomic E-state index is 8.99. The Bertz CT molecular complexity index is 248. The van der Waals surface area contributed by atoms with Crippen molar-refractivity contribution in [3.63, 3.8) is 0 Å². The number of aromatic nitrogens is 1. The van der Waals surface area contributed by atoms with Gasteiger partial charge in [0.25, 0.3) is 0 Å². The average Bonchev–Trinajstić information content (AvgIpc) is 2.01. The third kappa shape index (κ3) is 2.88. The van der Waals surface area contributed by atoms with Gasteiger partial charge in [0.2, 0.25) is 0 Å². The molecule has 0 aliphatic heterocycles. The fraction of sp³-hybridized carbons (Fsp3) is 0.444. The van der Waals surface area contributed by atoms with Crippen LogP contribution in [-0.2, 0) is 0 Å². The van der Waals surface area contributed by atoms with E-state index in [2.05, 4.69) is 10.3 Å². The second-order valence-electron chi connectivity index (χ2n) is 2.89. The normalized spacial score (nSPS) is 12.6. The fourth-order valence-corrected chi connectivity index (χ4v) is 0.894. The Morgan fingerprint density at radius 1 is 1.58 bits per heavy atom. The van der Waals surface area contributed by atoms with Crippen molar-refractivity contribution in [1.29, 1.82) is 0 Å². The molecule has 1 atom stereocenters. The van der Waals surface area contributed by atoms with Crippen LogP contribution in [0.1, 0.15) is 12.6 Å². The summed E-state index contributed by atoms with van der Waals surface area (Å²) < 4.78 is 0. The zero-order valence-corrected chi connectivity index (χ0v) is 7.41. The highest BCUT2D eigenvalue weighted by Crippen LogP contribution is 2.03. The number of anilines is 1. The Hall–Kier alpha value is -1.09. The number of aryl methyl sites for hydroxylation is 1. The van der Waals surface area contributed by atoms with Gasteiger partial charge in [-0.2, -0.15) is 0 Å². The summed E-state index contributed by atoms with van der Waals surface area (Å²) in [5.41, 5.74) is 0.977. The molecule has 0 saturated heterocycles. The lowest BCUT2D eigenvalue weighted by molar-refractivity contribution is 0.208. The van der Waals surface area contributed by atoms with Crippen LogP contribution in [0.25, 0.3) is 0 Å². The van der Waals surface area contributed by atoms with E-state index >= 15 is 0 Å². The topological polar surface area (TPSA) is 45.1 Å². The van der Waals surface area contributed by atoms with Crippen molar-refractivity contribution in [1.82, 2.24) is 4.98 Å². The molecule has 0 aliphatic rings. The molecule has 1 heterocycles. The van der Waals surface area contributed by atoms with E-state index in [1.807, 2.05) is 25.1 Å². The predicted octanol–water partition coefficient (Wildman–Crippen LogP) is 1.18. The summed E-state index contributed by atoms with van der Waals surface area (Å²) in [6.07, 6.45) is -0.340. The van der Waals surface area contributed by atoms with Gasteiger partial charge in [0.15, 0.2) is 0 Å². The Balaban J connectivity index is 2.52. The van der Waals surface area contributed by atoms with E-state index in [1.54, 1.807) is 6.92 Å². The lowest BCUT2D eigenvalue weighted by Crippen LogP contribution is -2.16. The van der Waals surface area contributed by atoms with E-state index in [1.165, 1.54) is 0 Å². The average molecular weight is 166 g/mol. The van der Waals surface area contributed by atoms with Gasteiger partial charge in [-0.25, -0.2) is 4.98 Å². The molecule has 0 aliphatic carbocycles. The Morgan fingerprint density at radius 2 is 2.33 bits per heavy atom. The SMILES string of the molecule is Cc1cccc(NC[C@H](C)O)n1. The molecule has 12 heavy (non-hydrogen) atoms. The largest absolute Gasteiger partial charge is 0.392 e. The van der Waals surface area contributed by atoms with Crippen LogP contribution >= 0.6 is 0 Å². The number of aliphatic hydroxyl groups excluding tert-OH is 1. The zero-order chi connectivity index (χ0) is 8.97. The van der Waals surface area contributed by atoms with E-state index in [4.69, 9.17) is 5.11 Å². The van der Waals surface area contributed by atoms with Gasteiger partial charge in [-0.3, -0.25) is 0 Å². The number of hydrogen-bond donors (Lipinski definition) is 2. The minimum atomic E-state index is -0.340. The van der Waals surface area contributed by atoms with E-state index in [9.17, 15) is 0 Å². The third-order valence-electron chi connectivity index (χ3n) is 1.47.